The molecule has 1 N–H and O–H groups in total. The molecule has 0 aliphatic rings. The van der Waals surface area contributed by atoms with Gasteiger partial charge in [0.25, 0.3) is 0 Å². The Labute approximate surface area is 96.3 Å². The minimum absolute atomic E-state index is 0.103. The van der Waals surface area contributed by atoms with E-state index in [1.807, 2.05) is 0 Å². The van der Waals surface area contributed by atoms with Gasteiger partial charge in [-0.2, -0.15) is 0 Å². The standard InChI is InChI=1S/C14H30O/c1-7-13(5,8-2)11-12(15)14(6,9-3)10-4/h12,15H,7-11H2,1-6H3. The summed E-state index contributed by atoms with van der Waals surface area (Å²) < 4.78 is 0. The van der Waals surface area contributed by atoms with E-state index in [2.05, 4.69) is 41.5 Å². The van der Waals surface area contributed by atoms with E-state index in [1.165, 1.54) is 0 Å². The van der Waals surface area contributed by atoms with Crippen LogP contribution >= 0.6 is 0 Å². The van der Waals surface area contributed by atoms with Gasteiger partial charge in [-0.25, -0.2) is 0 Å². The van der Waals surface area contributed by atoms with Crippen molar-refractivity contribution >= 4 is 0 Å². The van der Waals surface area contributed by atoms with Gasteiger partial charge in [-0.1, -0.05) is 54.4 Å². The van der Waals surface area contributed by atoms with Crippen molar-refractivity contribution in [1.29, 1.82) is 0 Å². The third-order valence-electron chi connectivity index (χ3n) is 4.81. The first-order valence-corrected chi connectivity index (χ1v) is 6.55. The molecule has 1 heteroatoms. The average molecular weight is 214 g/mol. The zero-order valence-corrected chi connectivity index (χ0v) is 11.6. The molecule has 0 spiro atoms. The third kappa shape index (κ3) is 3.79. The third-order valence-corrected chi connectivity index (χ3v) is 4.81. The number of hydrogen-bond donors (Lipinski definition) is 1. The molecule has 1 nitrogen and oxygen atoms in total. The van der Waals surface area contributed by atoms with Crippen molar-refractivity contribution in [2.45, 2.75) is 79.8 Å². The monoisotopic (exact) mass is 214 g/mol. The highest BCUT2D eigenvalue weighted by Crippen LogP contribution is 2.39. The highest BCUT2D eigenvalue weighted by Gasteiger charge is 2.34. The molecule has 0 aliphatic heterocycles. The first-order valence-electron chi connectivity index (χ1n) is 6.55. The van der Waals surface area contributed by atoms with Crippen molar-refractivity contribution in [3.05, 3.63) is 0 Å². The van der Waals surface area contributed by atoms with Gasteiger partial charge in [0.2, 0.25) is 0 Å². The molecule has 0 saturated carbocycles. The molecule has 0 heterocycles. The maximum atomic E-state index is 10.4. The highest BCUT2D eigenvalue weighted by atomic mass is 16.3. The lowest BCUT2D eigenvalue weighted by atomic mass is 9.70. The summed E-state index contributed by atoms with van der Waals surface area (Å²) in [4.78, 5) is 0. The molecule has 0 saturated heterocycles. The predicted octanol–water partition coefficient (Wildman–Crippen LogP) is 4.39. The van der Waals surface area contributed by atoms with E-state index in [4.69, 9.17) is 0 Å². The number of aliphatic hydroxyl groups is 1. The van der Waals surface area contributed by atoms with Gasteiger partial charge in [0.1, 0.15) is 0 Å². The molecular weight excluding hydrogens is 184 g/mol. The Morgan fingerprint density at radius 1 is 0.867 bits per heavy atom. The van der Waals surface area contributed by atoms with Gasteiger partial charge in [-0.05, 0) is 30.1 Å². The Morgan fingerprint density at radius 2 is 1.27 bits per heavy atom. The molecule has 1 unspecified atom stereocenters. The second-order valence-electron chi connectivity index (χ2n) is 5.60. The smallest absolute Gasteiger partial charge is 0.0598 e. The fourth-order valence-electron chi connectivity index (χ4n) is 1.97. The van der Waals surface area contributed by atoms with E-state index in [9.17, 15) is 5.11 Å². The van der Waals surface area contributed by atoms with Crippen LogP contribution in [0, 0.1) is 10.8 Å². The summed E-state index contributed by atoms with van der Waals surface area (Å²) >= 11 is 0. The average Bonchev–Trinajstić information content (AvgIpc) is 2.27. The summed E-state index contributed by atoms with van der Waals surface area (Å²) in [5, 5.41) is 10.4. The van der Waals surface area contributed by atoms with Crippen molar-refractivity contribution in [3.63, 3.8) is 0 Å². The lowest BCUT2D eigenvalue weighted by molar-refractivity contribution is -0.00704. The number of rotatable bonds is 7. The summed E-state index contributed by atoms with van der Waals surface area (Å²) in [5.41, 5.74) is 0.413. The Hall–Kier alpha value is -0.0400. The molecule has 0 rings (SSSR count). The zero-order chi connectivity index (χ0) is 12.1. The highest BCUT2D eigenvalue weighted by molar-refractivity contribution is 4.85. The molecule has 15 heavy (non-hydrogen) atoms. The summed E-state index contributed by atoms with van der Waals surface area (Å²) in [6.45, 7) is 13.3. The van der Waals surface area contributed by atoms with Crippen LogP contribution < -0.4 is 0 Å². The first-order chi connectivity index (χ1) is 6.87. The van der Waals surface area contributed by atoms with Gasteiger partial charge >= 0.3 is 0 Å². The van der Waals surface area contributed by atoms with Crippen LogP contribution in [0.2, 0.25) is 0 Å². The molecule has 0 aromatic rings. The van der Waals surface area contributed by atoms with Gasteiger partial charge in [-0.15, -0.1) is 0 Å². The zero-order valence-electron chi connectivity index (χ0n) is 11.6. The van der Waals surface area contributed by atoms with E-state index in [1.54, 1.807) is 0 Å². The van der Waals surface area contributed by atoms with Crippen molar-refractivity contribution in [3.8, 4) is 0 Å². The predicted molar refractivity (Wildman–Crippen MR) is 68.0 cm³/mol. The van der Waals surface area contributed by atoms with Gasteiger partial charge in [0.05, 0.1) is 6.10 Å². The van der Waals surface area contributed by atoms with Crippen LogP contribution in [0.25, 0.3) is 0 Å². The molecule has 0 radical (unpaired) electrons. The van der Waals surface area contributed by atoms with Gasteiger partial charge in [0, 0.05) is 0 Å². The summed E-state index contributed by atoms with van der Waals surface area (Å²) in [7, 11) is 0. The summed E-state index contributed by atoms with van der Waals surface area (Å²) in [5.74, 6) is 0. The van der Waals surface area contributed by atoms with Crippen molar-refractivity contribution in [1.82, 2.24) is 0 Å². The lowest BCUT2D eigenvalue weighted by Crippen LogP contribution is -2.35. The normalized spacial score (nSPS) is 15.4. The fraction of sp³-hybridized carbons (Fsp3) is 1.00. The van der Waals surface area contributed by atoms with Crippen LogP contribution in [-0.4, -0.2) is 11.2 Å². The molecule has 0 bridgehead atoms. The van der Waals surface area contributed by atoms with E-state index in [-0.39, 0.29) is 11.5 Å². The molecule has 92 valence electrons. The largest absolute Gasteiger partial charge is 0.393 e. The van der Waals surface area contributed by atoms with Crippen LogP contribution in [0.15, 0.2) is 0 Å². The topological polar surface area (TPSA) is 20.2 Å². The molecule has 0 amide bonds. The van der Waals surface area contributed by atoms with E-state index in [0.29, 0.717) is 5.41 Å². The van der Waals surface area contributed by atoms with E-state index < -0.39 is 0 Å². The second kappa shape index (κ2) is 5.89. The molecule has 0 fully saturated rings. The maximum Gasteiger partial charge on any atom is 0.0598 e. The minimum Gasteiger partial charge on any atom is -0.393 e. The van der Waals surface area contributed by atoms with Gasteiger partial charge in [0.15, 0.2) is 0 Å². The minimum atomic E-state index is -0.155. The quantitative estimate of drug-likeness (QED) is 0.666. The second-order valence-corrected chi connectivity index (χ2v) is 5.60. The number of hydrogen-bond acceptors (Lipinski definition) is 1. The first kappa shape index (κ1) is 15.0. The van der Waals surface area contributed by atoms with E-state index >= 15 is 0 Å². The summed E-state index contributed by atoms with van der Waals surface area (Å²) in [6, 6.07) is 0. The number of aliphatic hydroxyl groups excluding tert-OH is 1. The van der Waals surface area contributed by atoms with Crippen LogP contribution in [0.1, 0.15) is 73.6 Å². The van der Waals surface area contributed by atoms with Gasteiger partial charge in [-0.3, -0.25) is 0 Å². The molecule has 0 aromatic heterocycles. The van der Waals surface area contributed by atoms with Crippen LogP contribution in [0.4, 0.5) is 0 Å². The van der Waals surface area contributed by atoms with Gasteiger partial charge < -0.3 is 5.11 Å². The van der Waals surface area contributed by atoms with E-state index in [0.717, 1.165) is 32.1 Å². The van der Waals surface area contributed by atoms with Crippen molar-refractivity contribution < 1.29 is 5.11 Å². The van der Waals surface area contributed by atoms with Crippen LogP contribution in [0.5, 0.6) is 0 Å². The van der Waals surface area contributed by atoms with Crippen molar-refractivity contribution in [2.75, 3.05) is 0 Å². The van der Waals surface area contributed by atoms with Crippen LogP contribution in [-0.2, 0) is 0 Å². The Morgan fingerprint density at radius 3 is 1.53 bits per heavy atom. The Kier molecular flexibility index (Phi) is 5.87. The lowest BCUT2D eigenvalue weighted by Gasteiger charge is -2.38. The molecule has 0 aromatic carbocycles. The fourth-order valence-corrected chi connectivity index (χ4v) is 1.97. The summed E-state index contributed by atoms with van der Waals surface area (Å²) in [6.07, 6.45) is 5.23. The van der Waals surface area contributed by atoms with Crippen LogP contribution in [0.3, 0.4) is 0 Å². The SMILES string of the molecule is CCC(C)(CC)CC(O)C(C)(CC)CC. The molecule has 1 atom stereocenters. The molecular formula is C14H30O. The Bertz CT molecular complexity index is 166. The maximum absolute atomic E-state index is 10.4. The van der Waals surface area contributed by atoms with Crippen molar-refractivity contribution in [2.24, 2.45) is 10.8 Å². The molecule has 0 aliphatic carbocycles. The Balaban J connectivity index is 4.52.